The smallest absolute Gasteiger partial charge is 0.233 e. The van der Waals surface area contributed by atoms with E-state index >= 15 is 0 Å². The SMILES string of the molecule is CC1(C(=O)N2CC[C@H](C3CCCCC3)C2)COC1. The summed E-state index contributed by atoms with van der Waals surface area (Å²) in [5.41, 5.74) is -0.207. The average molecular weight is 251 g/mol. The molecule has 3 rings (SSSR count). The van der Waals surface area contributed by atoms with Gasteiger partial charge in [0.2, 0.25) is 5.91 Å². The molecular formula is C15H25NO2. The third kappa shape index (κ3) is 2.18. The van der Waals surface area contributed by atoms with Gasteiger partial charge >= 0.3 is 0 Å². The van der Waals surface area contributed by atoms with E-state index in [-0.39, 0.29) is 5.41 Å². The van der Waals surface area contributed by atoms with Crippen molar-refractivity contribution in [1.29, 1.82) is 0 Å². The summed E-state index contributed by atoms with van der Waals surface area (Å²) >= 11 is 0. The molecule has 3 nitrogen and oxygen atoms in total. The minimum atomic E-state index is -0.207. The van der Waals surface area contributed by atoms with Gasteiger partial charge in [-0.1, -0.05) is 32.1 Å². The van der Waals surface area contributed by atoms with Gasteiger partial charge in [-0.15, -0.1) is 0 Å². The Hall–Kier alpha value is -0.570. The number of carbonyl (C=O) groups is 1. The van der Waals surface area contributed by atoms with Gasteiger partial charge in [0.05, 0.1) is 18.6 Å². The molecule has 0 aromatic carbocycles. The van der Waals surface area contributed by atoms with Crippen LogP contribution in [0.15, 0.2) is 0 Å². The predicted octanol–water partition coefficient (Wildman–Crippen LogP) is 2.45. The largest absolute Gasteiger partial charge is 0.379 e. The fourth-order valence-electron chi connectivity index (χ4n) is 3.88. The van der Waals surface area contributed by atoms with Crippen LogP contribution in [0.4, 0.5) is 0 Å². The molecule has 102 valence electrons. The number of carbonyl (C=O) groups excluding carboxylic acids is 1. The molecule has 1 aliphatic carbocycles. The van der Waals surface area contributed by atoms with E-state index in [1.807, 2.05) is 6.92 Å². The van der Waals surface area contributed by atoms with Crippen molar-refractivity contribution in [1.82, 2.24) is 4.90 Å². The quantitative estimate of drug-likeness (QED) is 0.754. The number of ether oxygens (including phenoxy) is 1. The summed E-state index contributed by atoms with van der Waals surface area (Å²) in [6.07, 6.45) is 8.25. The minimum Gasteiger partial charge on any atom is -0.379 e. The summed E-state index contributed by atoms with van der Waals surface area (Å²) in [7, 11) is 0. The molecule has 0 spiro atoms. The zero-order valence-electron chi connectivity index (χ0n) is 11.5. The Labute approximate surface area is 110 Å². The Morgan fingerprint density at radius 3 is 2.44 bits per heavy atom. The molecule has 0 radical (unpaired) electrons. The number of amides is 1. The molecule has 1 saturated carbocycles. The van der Waals surface area contributed by atoms with Crippen molar-refractivity contribution in [2.24, 2.45) is 17.3 Å². The van der Waals surface area contributed by atoms with Crippen molar-refractivity contribution in [3.05, 3.63) is 0 Å². The summed E-state index contributed by atoms with van der Waals surface area (Å²) in [6.45, 7) is 5.29. The Bertz CT molecular complexity index is 318. The summed E-state index contributed by atoms with van der Waals surface area (Å²) in [5, 5.41) is 0. The standard InChI is InChI=1S/C15H25NO2/c1-15(10-18-11-15)14(17)16-8-7-13(9-16)12-5-3-2-4-6-12/h12-13H,2-11H2,1H3/t13-/m0/s1. The Kier molecular flexibility index (Phi) is 3.35. The van der Waals surface area contributed by atoms with Crippen molar-refractivity contribution >= 4 is 5.91 Å². The molecule has 0 bridgehead atoms. The van der Waals surface area contributed by atoms with E-state index in [0.717, 1.165) is 24.9 Å². The molecule has 0 unspecified atom stereocenters. The van der Waals surface area contributed by atoms with Gasteiger partial charge in [0.1, 0.15) is 0 Å². The molecule has 0 aromatic rings. The lowest BCUT2D eigenvalue weighted by atomic mass is 9.79. The molecule has 1 atom stereocenters. The van der Waals surface area contributed by atoms with Gasteiger partial charge < -0.3 is 9.64 Å². The van der Waals surface area contributed by atoms with Crippen molar-refractivity contribution in [3.63, 3.8) is 0 Å². The van der Waals surface area contributed by atoms with E-state index < -0.39 is 0 Å². The molecule has 2 aliphatic heterocycles. The molecule has 0 N–H and O–H groups in total. The molecule has 18 heavy (non-hydrogen) atoms. The topological polar surface area (TPSA) is 29.5 Å². The van der Waals surface area contributed by atoms with Crippen molar-refractivity contribution in [2.45, 2.75) is 45.4 Å². The Balaban J connectivity index is 1.56. The van der Waals surface area contributed by atoms with Gasteiger partial charge in [-0.3, -0.25) is 4.79 Å². The molecular weight excluding hydrogens is 226 g/mol. The first-order chi connectivity index (χ1) is 8.69. The van der Waals surface area contributed by atoms with Gasteiger partial charge in [-0.2, -0.15) is 0 Å². The van der Waals surface area contributed by atoms with Crippen molar-refractivity contribution in [3.8, 4) is 0 Å². The summed E-state index contributed by atoms with van der Waals surface area (Å²) < 4.78 is 5.21. The third-order valence-corrected chi connectivity index (χ3v) is 5.19. The van der Waals surface area contributed by atoms with E-state index in [1.165, 1.54) is 38.5 Å². The first-order valence-electron chi connectivity index (χ1n) is 7.56. The second-order valence-corrected chi connectivity index (χ2v) is 6.75. The average Bonchev–Trinajstić information content (AvgIpc) is 2.85. The second-order valence-electron chi connectivity index (χ2n) is 6.75. The highest BCUT2D eigenvalue weighted by molar-refractivity contribution is 5.83. The first kappa shape index (κ1) is 12.5. The van der Waals surface area contributed by atoms with Gasteiger partial charge in [0.25, 0.3) is 0 Å². The zero-order valence-corrected chi connectivity index (χ0v) is 11.5. The van der Waals surface area contributed by atoms with Crippen LogP contribution in [0.1, 0.15) is 45.4 Å². The van der Waals surface area contributed by atoms with Gasteiger partial charge in [-0.25, -0.2) is 0 Å². The molecule has 2 heterocycles. The van der Waals surface area contributed by atoms with Crippen LogP contribution in [-0.2, 0) is 9.53 Å². The fraction of sp³-hybridized carbons (Fsp3) is 0.933. The third-order valence-electron chi connectivity index (χ3n) is 5.19. The van der Waals surface area contributed by atoms with Crippen LogP contribution < -0.4 is 0 Å². The molecule has 2 saturated heterocycles. The lowest BCUT2D eigenvalue weighted by Gasteiger charge is -2.39. The van der Waals surface area contributed by atoms with Crippen LogP contribution in [-0.4, -0.2) is 37.1 Å². The van der Waals surface area contributed by atoms with Crippen LogP contribution in [0.25, 0.3) is 0 Å². The highest BCUT2D eigenvalue weighted by Gasteiger charge is 2.45. The van der Waals surface area contributed by atoms with Crippen LogP contribution in [0.3, 0.4) is 0 Å². The maximum atomic E-state index is 12.4. The van der Waals surface area contributed by atoms with Gasteiger partial charge in [0, 0.05) is 13.1 Å². The first-order valence-corrected chi connectivity index (χ1v) is 7.56. The van der Waals surface area contributed by atoms with Crippen molar-refractivity contribution in [2.75, 3.05) is 26.3 Å². The normalized spacial score (nSPS) is 32.3. The summed E-state index contributed by atoms with van der Waals surface area (Å²) in [5.74, 6) is 2.01. The van der Waals surface area contributed by atoms with E-state index in [9.17, 15) is 4.79 Å². The highest BCUT2D eigenvalue weighted by atomic mass is 16.5. The Morgan fingerprint density at radius 1 is 1.11 bits per heavy atom. The maximum absolute atomic E-state index is 12.4. The number of nitrogens with zero attached hydrogens (tertiary/aromatic N) is 1. The molecule has 3 aliphatic rings. The van der Waals surface area contributed by atoms with Gasteiger partial charge in [0.15, 0.2) is 0 Å². The van der Waals surface area contributed by atoms with E-state index in [0.29, 0.717) is 19.1 Å². The summed E-state index contributed by atoms with van der Waals surface area (Å²) in [4.78, 5) is 14.5. The highest BCUT2D eigenvalue weighted by Crippen LogP contribution is 2.37. The van der Waals surface area contributed by atoms with Crippen LogP contribution in [0, 0.1) is 17.3 Å². The lowest BCUT2D eigenvalue weighted by Crippen LogP contribution is -2.52. The van der Waals surface area contributed by atoms with E-state index in [4.69, 9.17) is 4.74 Å². The van der Waals surface area contributed by atoms with Crippen LogP contribution >= 0.6 is 0 Å². The summed E-state index contributed by atoms with van der Waals surface area (Å²) in [6, 6.07) is 0. The zero-order chi connectivity index (χ0) is 12.6. The number of hydrogen-bond donors (Lipinski definition) is 0. The van der Waals surface area contributed by atoms with E-state index in [1.54, 1.807) is 0 Å². The Morgan fingerprint density at radius 2 is 1.83 bits per heavy atom. The maximum Gasteiger partial charge on any atom is 0.233 e. The molecule has 0 aromatic heterocycles. The van der Waals surface area contributed by atoms with Crippen LogP contribution in [0.2, 0.25) is 0 Å². The lowest BCUT2D eigenvalue weighted by molar-refractivity contribution is -0.167. The van der Waals surface area contributed by atoms with Crippen molar-refractivity contribution < 1.29 is 9.53 Å². The predicted molar refractivity (Wildman–Crippen MR) is 70.2 cm³/mol. The fourth-order valence-corrected chi connectivity index (χ4v) is 3.88. The van der Waals surface area contributed by atoms with Gasteiger partial charge in [-0.05, 0) is 25.2 Å². The van der Waals surface area contributed by atoms with E-state index in [2.05, 4.69) is 4.90 Å². The molecule has 1 amide bonds. The second kappa shape index (κ2) is 4.84. The molecule has 3 fully saturated rings. The number of likely N-dealkylation sites (tertiary alicyclic amines) is 1. The molecule has 3 heteroatoms. The number of rotatable bonds is 2. The minimum absolute atomic E-state index is 0.207. The number of hydrogen-bond acceptors (Lipinski definition) is 2. The van der Waals surface area contributed by atoms with Crippen LogP contribution in [0.5, 0.6) is 0 Å². The monoisotopic (exact) mass is 251 g/mol.